The van der Waals surface area contributed by atoms with Gasteiger partial charge in [-0.3, -0.25) is 4.79 Å². The van der Waals surface area contributed by atoms with Crippen molar-refractivity contribution in [2.24, 2.45) is 0 Å². The van der Waals surface area contributed by atoms with Crippen molar-refractivity contribution in [3.8, 4) is 17.2 Å². The van der Waals surface area contributed by atoms with E-state index in [9.17, 15) is 22.0 Å². The summed E-state index contributed by atoms with van der Waals surface area (Å²) in [7, 11) is -1.05. The number of hydrogen-bond acceptors (Lipinski definition) is 6. The van der Waals surface area contributed by atoms with Crippen LogP contribution in [-0.4, -0.2) is 70.5 Å². The molecule has 0 spiro atoms. The Labute approximate surface area is 191 Å². The molecule has 11 heteroatoms. The summed E-state index contributed by atoms with van der Waals surface area (Å²) in [6.45, 7) is -2.46. The monoisotopic (exact) mass is 482 g/mol. The first kappa shape index (κ1) is 24.5. The molecule has 2 aromatic carbocycles. The molecule has 1 saturated heterocycles. The average molecular weight is 483 g/mol. The molecule has 0 aromatic heterocycles. The number of sulfonamides is 1. The molecule has 2 aromatic rings. The van der Waals surface area contributed by atoms with Crippen LogP contribution in [0, 0.1) is 0 Å². The number of alkyl halides is 2. The Morgan fingerprint density at radius 2 is 1.70 bits per heavy atom. The summed E-state index contributed by atoms with van der Waals surface area (Å²) in [6, 6.07) is 10.6. The van der Waals surface area contributed by atoms with Gasteiger partial charge in [0.05, 0.1) is 14.2 Å². The first-order valence-corrected chi connectivity index (χ1v) is 11.4. The Kier molecular flexibility index (Phi) is 7.88. The summed E-state index contributed by atoms with van der Waals surface area (Å²) >= 11 is 0. The van der Waals surface area contributed by atoms with Gasteiger partial charge >= 0.3 is 6.61 Å². The number of para-hydroxylation sites is 1. The van der Waals surface area contributed by atoms with Gasteiger partial charge in [0.25, 0.3) is 0 Å². The lowest BCUT2D eigenvalue weighted by Crippen LogP contribution is -2.50. The van der Waals surface area contributed by atoms with E-state index in [4.69, 9.17) is 9.47 Å². The van der Waals surface area contributed by atoms with Crippen LogP contribution < -0.4 is 14.2 Å². The minimum Gasteiger partial charge on any atom is -0.497 e. The van der Waals surface area contributed by atoms with Gasteiger partial charge in [0.1, 0.15) is 22.1 Å². The van der Waals surface area contributed by atoms with Crippen molar-refractivity contribution in [1.82, 2.24) is 9.21 Å². The first-order chi connectivity index (χ1) is 15.8. The molecule has 0 radical (unpaired) electrons. The van der Waals surface area contributed by atoms with Crippen LogP contribution in [0.3, 0.4) is 0 Å². The van der Waals surface area contributed by atoms with Crippen molar-refractivity contribution in [3.63, 3.8) is 0 Å². The number of halogens is 2. The SMILES string of the molecule is COc1ccc(OC)c(S(=O)(=O)N2CCN(C(=O)/C=C/c3ccccc3OC(F)F)CC2)c1. The zero-order valence-electron chi connectivity index (χ0n) is 18.1. The number of benzene rings is 2. The lowest BCUT2D eigenvalue weighted by molar-refractivity contribution is -0.127. The maximum absolute atomic E-state index is 13.1. The van der Waals surface area contributed by atoms with Crippen molar-refractivity contribution in [3.05, 3.63) is 54.1 Å². The van der Waals surface area contributed by atoms with E-state index in [-0.39, 0.29) is 48.5 Å². The van der Waals surface area contributed by atoms with E-state index in [1.54, 1.807) is 24.3 Å². The van der Waals surface area contributed by atoms with Crippen molar-refractivity contribution in [2.75, 3.05) is 40.4 Å². The van der Waals surface area contributed by atoms with E-state index < -0.39 is 16.6 Å². The molecule has 3 rings (SSSR count). The summed E-state index contributed by atoms with van der Waals surface area (Å²) < 4.78 is 67.4. The van der Waals surface area contributed by atoms with Gasteiger partial charge in [-0.25, -0.2) is 8.42 Å². The van der Waals surface area contributed by atoms with E-state index >= 15 is 0 Å². The summed E-state index contributed by atoms with van der Waals surface area (Å²) in [4.78, 5) is 14.0. The molecular formula is C22H24F2N2O6S. The average Bonchev–Trinajstić information content (AvgIpc) is 2.82. The van der Waals surface area contributed by atoms with Crippen LogP contribution in [0.4, 0.5) is 8.78 Å². The Hall–Kier alpha value is -3.18. The number of hydrogen-bond donors (Lipinski definition) is 0. The lowest BCUT2D eigenvalue weighted by Gasteiger charge is -2.33. The van der Waals surface area contributed by atoms with E-state index in [1.165, 1.54) is 53.8 Å². The number of nitrogens with zero attached hydrogens (tertiary/aromatic N) is 2. The molecule has 1 amide bonds. The fraction of sp³-hybridized carbons (Fsp3) is 0.318. The molecule has 0 N–H and O–H groups in total. The smallest absolute Gasteiger partial charge is 0.387 e. The first-order valence-electron chi connectivity index (χ1n) is 9.99. The summed E-state index contributed by atoms with van der Waals surface area (Å²) in [6.07, 6.45) is 2.65. The molecule has 33 heavy (non-hydrogen) atoms. The van der Waals surface area contributed by atoms with Gasteiger partial charge in [-0.15, -0.1) is 0 Å². The Morgan fingerprint density at radius 3 is 2.33 bits per heavy atom. The minimum absolute atomic E-state index is 0.0142. The number of carbonyl (C=O) groups excluding carboxylic acids is 1. The Morgan fingerprint density at radius 1 is 1.00 bits per heavy atom. The van der Waals surface area contributed by atoms with Crippen LogP contribution in [0.2, 0.25) is 0 Å². The molecule has 1 fully saturated rings. The van der Waals surface area contributed by atoms with Gasteiger partial charge in [0, 0.05) is 43.9 Å². The summed E-state index contributed by atoms with van der Waals surface area (Å²) in [5.41, 5.74) is 0.331. The second kappa shape index (κ2) is 10.6. The highest BCUT2D eigenvalue weighted by molar-refractivity contribution is 7.89. The number of piperazine rings is 1. The standard InChI is InChI=1S/C22H24F2N2O6S/c1-30-17-8-9-19(31-2)20(15-17)33(28,29)26-13-11-25(12-14-26)21(27)10-7-16-5-3-4-6-18(16)32-22(23)24/h3-10,15,22H,11-14H2,1-2H3/b10-7+. The molecular weight excluding hydrogens is 458 g/mol. The highest BCUT2D eigenvalue weighted by Crippen LogP contribution is 2.31. The number of amides is 1. The van der Waals surface area contributed by atoms with Gasteiger partial charge in [0.2, 0.25) is 15.9 Å². The van der Waals surface area contributed by atoms with Crippen molar-refractivity contribution in [2.45, 2.75) is 11.5 Å². The van der Waals surface area contributed by atoms with E-state index in [1.807, 2.05) is 0 Å². The van der Waals surface area contributed by atoms with Gasteiger partial charge < -0.3 is 19.1 Å². The lowest BCUT2D eigenvalue weighted by atomic mass is 10.2. The highest BCUT2D eigenvalue weighted by atomic mass is 32.2. The zero-order chi connectivity index (χ0) is 24.0. The van der Waals surface area contributed by atoms with E-state index in [0.717, 1.165) is 0 Å². The predicted octanol–water partition coefficient (Wildman–Crippen LogP) is 2.85. The molecule has 1 aliphatic rings. The molecule has 0 aliphatic carbocycles. The van der Waals surface area contributed by atoms with Crippen LogP contribution in [0.1, 0.15) is 5.56 Å². The van der Waals surface area contributed by atoms with Crippen LogP contribution in [0.15, 0.2) is 53.4 Å². The molecule has 0 atom stereocenters. The largest absolute Gasteiger partial charge is 0.497 e. The van der Waals surface area contributed by atoms with Gasteiger partial charge in [-0.05, 0) is 24.3 Å². The van der Waals surface area contributed by atoms with Crippen LogP contribution in [0.5, 0.6) is 17.2 Å². The van der Waals surface area contributed by atoms with Crippen LogP contribution in [-0.2, 0) is 14.8 Å². The summed E-state index contributed by atoms with van der Waals surface area (Å²) in [5, 5.41) is 0. The van der Waals surface area contributed by atoms with Gasteiger partial charge in [-0.2, -0.15) is 13.1 Å². The van der Waals surface area contributed by atoms with E-state index in [0.29, 0.717) is 11.3 Å². The molecule has 0 bridgehead atoms. The fourth-order valence-electron chi connectivity index (χ4n) is 3.36. The van der Waals surface area contributed by atoms with Gasteiger partial charge in [0.15, 0.2) is 0 Å². The molecule has 8 nitrogen and oxygen atoms in total. The second-order valence-corrected chi connectivity index (χ2v) is 8.90. The summed E-state index contributed by atoms with van der Waals surface area (Å²) in [5.74, 6) is 0.170. The zero-order valence-corrected chi connectivity index (χ0v) is 18.9. The Bertz CT molecular complexity index is 1120. The number of rotatable bonds is 8. The molecule has 1 heterocycles. The van der Waals surface area contributed by atoms with Gasteiger partial charge in [-0.1, -0.05) is 18.2 Å². The van der Waals surface area contributed by atoms with Crippen LogP contribution in [0.25, 0.3) is 6.08 Å². The second-order valence-electron chi connectivity index (χ2n) is 7.00. The molecule has 178 valence electrons. The van der Waals surface area contributed by atoms with Crippen molar-refractivity contribution in [1.29, 1.82) is 0 Å². The third-order valence-electron chi connectivity index (χ3n) is 5.08. The van der Waals surface area contributed by atoms with Crippen molar-refractivity contribution >= 4 is 22.0 Å². The number of ether oxygens (including phenoxy) is 3. The number of carbonyl (C=O) groups is 1. The predicted molar refractivity (Wildman–Crippen MR) is 117 cm³/mol. The molecule has 1 aliphatic heterocycles. The Balaban J connectivity index is 1.68. The number of methoxy groups -OCH3 is 2. The third kappa shape index (κ3) is 5.79. The van der Waals surface area contributed by atoms with Crippen LogP contribution >= 0.6 is 0 Å². The normalized spacial score (nSPS) is 15.1. The minimum atomic E-state index is -3.87. The fourth-order valence-corrected chi connectivity index (χ4v) is 4.95. The third-order valence-corrected chi connectivity index (χ3v) is 7.00. The van der Waals surface area contributed by atoms with E-state index in [2.05, 4.69) is 4.74 Å². The maximum Gasteiger partial charge on any atom is 0.387 e. The molecule has 0 unspecified atom stereocenters. The maximum atomic E-state index is 13.1. The topological polar surface area (TPSA) is 85.4 Å². The quantitative estimate of drug-likeness (QED) is 0.538. The highest BCUT2D eigenvalue weighted by Gasteiger charge is 2.32. The van der Waals surface area contributed by atoms with Crippen molar-refractivity contribution < 1.29 is 36.2 Å². The molecule has 0 saturated carbocycles.